The maximum absolute atomic E-state index is 12.1. The van der Waals surface area contributed by atoms with Gasteiger partial charge in [-0.3, -0.25) is 0 Å². The lowest BCUT2D eigenvalue weighted by Gasteiger charge is -2.31. The predicted molar refractivity (Wildman–Crippen MR) is 70.8 cm³/mol. The standard InChI is InChI=1S/C12H20N2O3S/c1-12(10(15)16)4-2-5-14(12)11(17)13-7-9-3-6-18-8-9/h9H,2-8H2,1H3,(H,13,17)(H,15,16). The van der Waals surface area contributed by atoms with Crippen molar-refractivity contribution < 1.29 is 14.7 Å². The average molecular weight is 272 g/mol. The number of rotatable bonds is 3. The second kappa shape index (κ2) is 5.38. The van der Waals surface area contributed by atoms with E-state index in [1.165, 1.54) is 4.90 Å². The van der Waals surface area contributed by atoms with Gasteiger partial charge >= 0.3 is 12.0 Å². The van der Waals surface area contributed by atoms with Crippen LogP contribution in [0.15, 0.2) is 0 Å². The third-order valence-electron chi connectivity index (χ3n) is 3.91. The van der Waals surface area contributed by atoms with Crippen molar-refractivity contribution in [3.8, 4) is 0 Å². The van der Waals surface area contributed by atoms with Crippen molar-refractivity contribution in [2.75, 3.05) is 24.6 Å². The Morgan fingerprint density at radius 1 is 1.56 bits per heavy atom. The van der Waals surface area contributed by atoms with Crippen molar-refractivity contribution in [3.63, 3.8) is 0 Å². The molecule has 0 aromatic heterocycles. The summed E-state index contributed by atoms with van der Waals surface area (Å²) in [4.78, 5) is 24.8. The highest BCUT2D eigenvalue weighted by molar-refractivity contribution is 7.99. The summed E-state index contributed by atoms with van der Waals surface area (Å²) in [6.45, 7) is 2.83. The maximum atomic E-state index is 12.1. The van der Waals surface area contributed by atoms with Gasteiger partial charge in [-0.25, -0.2) is 9.59 Å². The Bertz CT molecular complexity index is 344. The number of hydrogen-bond acceptors (Lipinski definition) is 3. The van der Waals surface area contributed by atoms with Gasteiger partial charge in [0, 0.05) is 13.1 Å². The van der Waals surface area contributed by atoms with E-state index in [1.807, 2.05) is 11.8 Å². The average Bonchev–Trinajstić information content (AvgIpc) is 2.95. The van der Waals surface area contributed by atoms with Gasteiger partial charge in [0.25, 0.3) is 0 Å². The number of carbonyl (C=O) groups excluding carboxylic acids is 1. The fraction of sp³-hybridized carbons (Fsp3) is 0.833. The monoisotopic (exact) mass is 272 g/mol. The van der Waals surface area contributed by atoms with Crippen molar-refractivity contribution in [3.05, 3.63) is 0 Å². The summed E-state index contributed by atoms with van der Waals surface area (Å²) in [6.07, 6.45) is 2.44. The summed E-state index contributed by atoms with van der Waals surface area (Å²) < 4.78 is 0. The Labute approximate surface area is 111 Å². The molecule has 2 fully saturated rings. The second-order valence-electron chi connectivity index (χ2n) is 5.25. The first-order valence-electron chi connectivity index (χ1n) is 6.40. The molecule has 2 unspecified atom stereocenters. The van der Waals surface area contributed by atoms with Crippen LogP contribution in [0.4, 0.5) is 4.79 Å². The normalized spacial score (nSPS) is 31.6. The summed E-state index contributed by atoms with van der Waals surface area (Å²) in [5.41, 5.74) is -1.03. The number of carboxylic acids is 1. The molecule has 2 aliphatic rings. The Hall–Kier alpha value is -0.910. The number of thioether (sulfide) groups is 1. The molecular formula is C12H20N2O3S. The molecule has 0 aromatic carbocycles. The molecule has 2 aliphatic heterocycles. The van der Waals surface area contributed by atoms with E-state index in [0.717, 1.165) is 24.3 Å². The third-order valence-corrected chi connectivity index (χ3v) is 5.14. The lowest BCUT2D eigenvalue weighted by Crippen LogP contribution is -2.54. The smallest absolute Gasteiger partial charge is 0.329 e. The Balaban J connectivity index is 1.89. The van der Waals surface area contributed by atoms with Gasteiger partial charge in [-0.1, -0.05) is 0 Å². The van der Waals surface area contributed by atoms with Gasteiger partial charge in [0.2, 0.25) is 0 Å². The molecule has 0 radical (unpaired) electrons. The van der Waals surface area contributed by atoms with Crippen molar-refractivity contribution >= 4 is 23.8 Å². The third kappa shape index (κ3) is 2.58. The number of aliphatic carboxylic acids is 1. The molecule has 2 heterocycles. The maximum Gasteiger partial charge on any atom is 0.329 e. The zero-order chi connectivity index (χ0) is 13.2. The minimum atomic E-state index is -1.03. The Kier molecular flexibility index (Phi) is 4.04. The topological polar surface area (TPSA) is 69.6 Å². The molecule has 2 saturated heterocycles. The van der Waals surface area contributed by atoms with Crippen LogP contribution in [-0.2, 0) is 4.79 Å². The van der Waals surface area contributed by atoms with E-state index in [2.05, 4.69) is 5.32 Å². The number of amides is 2. The van der Waals surface area contributed by atoms with E-state index < -0.39 is 11.5 Å². The van der Waals surface area contributed by atoms with Gasteiger partial charge in [0.05, 0.1) is 0 Å². The van der Waals surface area contributed by atoms with Crippen LogP contribution in [0.3, 0.4) is 0 Å². The summed E-state index contributed by atoms with van der Waals surface area (Å²) >= 11 is 1.91. The lowest BCUT2D eigenvalue weighted by atomic mass is 10.00. The SMILES string of the molecule is CC1(C(=O)O)CCCN1C(=O)NCC1CCSC1. The summed E-state index contributed by atoms with van der Waals surface area (Å²) in [5.74, 6) is 1.89. The summed E-state index contributed by atoms with van der Waals surface area (Å²) in [6, 6.07) is -0.227. The van der Waals surface area contributed by atoms with Crippen molar-refractivity contribution in [1.29, 1.82) is 0 Å². The van der Waals surface area contributed by atoms with Crippen molar-refractivity contribution in [2.24, 2.45) is 5.92 Å². The van der Waals surface area contributed by atoms with Gasteiger partial charge < -0.3 is 15.3 Å². The zero-order valence-corrected chi connectivity index (χ0v) is 11.5. The lowest BCUT2D eigenvalue weighted by molar-refractivity contribution is -0.147. The number of urea groups is 1. The molecule has 0 spiro atoms. The van der Waals surface area contributed by atoms with Crippen molar-refractivity contribution in [1.82, 2.24) is 10.2 Å². The number of nitrogens with zero attached hydrogens (tertiary/aromatic N) is 1. The van der Waals surface area contributed by atoms with E-state index in [1.54, 1.807) is 6.92 Å². The minimum absolute atomic E-state index is 0.227. The second-order valence-corrected chi connectivity index (χ2v) is 6.40. The molecule has 0 aliphatic carbocycles. The molecule has 0 bridgehead atoms. The van der Waals surface area contributed by atoms with Crippen LogP contribution in [0.2, 0.25) is 0 Å². The Morgan fingerprint density at radius 2 is 2.33 bits per heavy atom. The van der Waals surface area contributed by atoms with Gasteiger partial charge in [-0.05, 0) is 43.6 Å². The molecule has 2 amide bonds. The molecule has 2 N–H and O–H groups in total. The fourth-order valence-corrected chi connectivity index (χ4v) is 3.87. The van der Waals surface area contributed by atoms with E-state index in [-0.39, 0.29) is 6.03 Å². The molecule has 0 saturated carbocycles. The van der Waals surface area contributed by atoms with Crippen LogP contribution in [0, 0.1) is 5.92 Å². The molecule has 5 nitrogen and oxygen atoms in total. The number of likely N-dealkylation sites (tertiary alicyclic amines) is 1. The molecule has 0 aromatic rings. The number of carboxylic acid groups (broad SMARTS) is 1. The van der Waals surface area contributed by atoms with Gasteiger partial charge in [0.15, 0.2) is 0 Å². The fourth-order valence-electron chi connectivity index (χ4n) is 2.58. The van der Waals surface area contributed by atoms with Crippen LogP contribution in [0.25, 0.3) is 0 Å². The molecular weight excluding hydrogens is 252 g/mol. The molecule has 2 rings (SSSR count). The molecule has 102 valence electrons. The van der Waals surface area contributed by atoms with Gasteiger partial charge in [0.1, 0.15) is 5.54 Å². The number of nitrogens with one attached hydrogen (secondary N) is 1. The largest absolute Gasteiger partial charge is 0.480 e. The first-order chi connectivity index (χ1) is 8.54. The van der Waals surface area contributed by atoms with E-state index >= 15 is 0 Å². The van der Waals surface area contributed by atoms with E-state index in [4.69, 9.17) is 0 Å². The minimum Gasteiger partial charge on any atom is -0.480 e. The predicted octanol–water partition coefficient (Wildman–Crippen LogP) is 1.39. The first-order valence-corrected chi connectivity index (χ1v) is 7.56. The highest BCUT2D eigenvalue weighted by Gasteiger charge is 2.45. The van der Waals surface area contributed by atoms with Gasteiger partial charge in [-0.15, -0.1) is 0 Å². The van der Waals surface area contributed by atoms with Crippen molar-refractivity contribution in [2.45, 2.75) is 31.7 Å². The first kappa shape index (κ1) is 13.5. The molecule has 2 atom stereocenters. The van der Waals surface area contributed by atoms with Crippen LogP contribution in [-0.4, -0.2) is 52.1 Å². The van der Waals surface area contributed by atoms with Crippen LogP contribution < -0.4 is 5.32 Å². The van der Waals surface area contributed by atoms with E-state index in [0.29, 0.717) is 25.4 Å². The van der Waals surface area contributed by atoms with Gasteiger partial charge in [-0.2, -0.15) is 11.8 Å². The Morgan fingerprint density at radius 3 is 2.94 bits per heavy atom. The van der Waals surface area contributed by atoms with E-state index in [9.17, 15) is 14.7 Å². The zero-order valence-electron chi connectivity index (χ0n) is 10.6. The highest BCUT2D eigenvalue weighted by atomic mass is 32.2. The van der Waals surface area contributed by atoms with Crippen LogP contribution >= 0.6 is 11.8 Å². The summed E-state index contributed by atoms with van der Waals surface area (Å²) in [7, 11) is 0. The quantitative estimate of drug-likeness (QED) is 0.814. The molecule has 6 heteroatoms. The van der Waals surface area contributed by atoms with Crippen LogP contribution in [0.1, 0.15) is 26.2 Å². The molecule has 18 heavy (non-hydrogen) atoms. The number of hydrogen-bond donors (Lipinski definition) is 2. The number of carbonyl (C=O) groups is 2. The van der Waals surface area contributed by atoms with Crippen LogP contribution in [0.5, 0.6) is 0 Å². The highest BCUT2D eigenvalue weighted by Crippen LogP contribution is 2.29. The summed E-state index contributed by atoms with van der Waals surface area (Å²) in [5, 5.41) is 12.1.